The predicted molar refractivity (Wildman–Crippen MR) is 110 cm³/mol. The largest absolute Gasteiger partial charge is 0.326 e. The maximum absolute atomic E-state index is 13.0. The Morgan fingerprint density at radius 3 is 2.52 bits per heavy atom. The Kier molecular flexibility index (Phi) is 5.94. The molecule has 0 aromatic heterocycles. The Labute approximate surface area is 161 Å². The van der Waals surface area contributed by atoms with E-state index in [4.69, 9.17) is 0 Å². The fourth-order valence-corrected chi connectivity index (χ4v) is 3.78. The van der Waals surface area contributed by atoms with Gasteiger partial charge >= 0.3 is 0 Å². The standard InChI is InChI=1S/C23H28N2O2/c1-16(2)14-21(18-8-5-4-6-9-18)23(27)24-20-11-12-22-19(15-20)10-7-13-25(22)17(3)26/h4-6,8-9,11-12,15-16,21H,7,10,13-14H2,1-3H3,(H,24,27). The molecule has 27 heavy (non-hydrogen) atoms. The lowest BCUT2D eigenvalue weighted by atomic mass is 9.89. The van der Waals surface area contributed by atoms with Crippen LogP contribution in [-0.4, -0.2) is 18.4 Å². The van der Waals surface area contributed by atoms with Gasteiger partial charge in [-0.3, -0.25) is 9.59 Å². The fraction of sp³-hybridized carbons (Fsp3) is 0.391. The van der Waals surface area contributed by atoms with Crippen molar-refractivity contribution in [1.82, 2.24) is 0 Å². The van der Waals surface area contributed by atoms with Crippen molar-refractivity contribution in [3.8, 4) is 0 Å². The molecule has 2 amide bonds. The van der Waals surface area contributed by atoms with Crippen LogP contribution in [0.15, 0.2) is 48.5 Å². The Hall–Kier alpha value is -2.62. The van der Waals surface area contributed by atoms with E-state index in [1.54, 1.807) is 6.92 Å². The maximum Gasteiger partial charge on any atom is 0.231 e. The molecule has 0 aliphatic carbocycles. The predicted octanol–water partition coefficient (Wildman–Crippen LogP) is 4.75. The summed E-state index contributed by atoms with van der Waals surface area (Å²) in [5.41, 5.74) is 3.93. The van der Waals surface area contributed by atoms with Gasteiger partial charge in [-0.05, 0) is 54.5 Å². The first-order chi connectivity index (χ1) is 13.0. The highest BCUT2D eigenvalue weighted by molar-refractivity contribution is 5.97. The van der Waals surface area contributed by atoms with E-state index >= 15 is 0 Å². The van der Waals surface area contributed by atoms with Crippen molar-refractivity contribution in [2.45, 2.75) is 46.0 Å². The Balaban J connectivity index is 1.81. The van der Waals surface area contributed by atoms with Gasteiger partial charge in [0.2, 0.25) is 11.8 Å². The number of fused-ring (bicyclic) bond motifs is 1. The topological polar surface area (TPSA) is 49.4 Å². The summed E-state index contributed by atoms with van der Waals surface area (Å²) in [6, 6.07) is 15.8. The molecular weight excluding hydrogens is 336 g/mol. The van der Waals surface area contributed by atoms with Crippen LogP contribution < -0.4 is 10.2 Å². The van der Waals surface area contributed by atoms with E-state index in [0.717, 1.165) is 48.3 Å². The monoisotopic (exact) mass is 364 g/mol. The minimum absolute atomic E-state index is 0.0223. The van der Waals surface area contributed by atoms with Gasteiger partial charge in [-0.25, -0.2) is 0 Å². The molecule has 2 aromatic rings. The smallest absolute Gasteiger partial charge is 0.231 e. The molecule has 0 spiro atoms. The minimum Gasteiger partial charge on any atom is -0.326 e. The molecule has 4 heteroatoms. The van der Waals surface area contributed by atoms with Crippen LogP contribution in [0.4, 0.5) is 11.4 Å². The third kappa shape index (κ3) is 4.57. The first-order valence-corrected chi connectivity index (χ1v) is 9.72. The quantitative estimate of drug-likeness (QED) is 0.832. The second kappa shape index (κ2) is 8.38. The summed E-state index contributed by atoms with van der Waals surface area (Å²) in [6.45, 7) is 6.64. The SMILES string of the molecule is CC(=O)N1CCCc2cc(NC(=O)C(CC(C)C)c3ccccc3)ccc21. The number of carbonyl (C=O) groups excluding carboxylic acids is 2. The van der Waals surface area contributed by atoms with Crippen LogP contribution in [0.1, 0.15) is 50.7 Å². The Bertz CT molecular complexity index is 814. The normalized spacial score (nSPS) is 14.6. The molecule has 0 saturated heterocycles. The average Bonchev–Trinajstić information content (AvgIpc) is 2.65. The second-order valence-corrected chi connectivity index (χ2v) is 7.70. The van der Waals surface area contributed by atoms with Gasteiger partial charge in [-0.1, -0.05) is 44.2 Å². The molecule has 1 aliphatic rings. The molecule has 1 N–H and O–H groups in total. The summed E-state index contributed by atoms with van der Waals surface area (Å²) in [7, 11) is 0. The van der Waals surface area contributed by atoms with Gasteiger partial charge in [0.1, 0.15) is 0 Å². The Morgan fingerprint density at radius 1 is 1.11 bits per heavy atom. The van der Waals surface area contributed by atoms with Crippen LogP contribution in [0.25, 0.3) is 0 Å². The summed E-state index contributed by atoms with van der Waals surface area (Å²) in [5.74, 6) is 0.340. The molecule has 2 aromatic carbocycles. The van der Waals surface area contributed by atoms with E-state index in [1.165, 1.54) is 0 Å². The lowest BCUT2D eigenvalue weighted by Gasteiger charge is -2.29. The highest BCUT2D eigenvalue weighted by Gasteiger charge is 2.23. The van der Waals surface area contributed by atoms with Gasteiger partial charge < -0.3 is 10.2 Å². The zero-order valence-electron chi connectivity index (χ0n) is 16.4. The molecule has 0 saturated carbocycles. The van der Waals surface area contributed by atoms with Gasteiger partial charge in [0.15, 0.2) is 0 Å². The lowest BCUT2D eigenvalue weighted by Crippen LogP contribution is -2.33. The van der Waals surface area contributed by atoms with Crippen molar-refractivity contribution in [1.29, 1.82) is 0 Å². The summed E-state index contributed by atoms with van der Waals surface area (Å²) >= 11 is 0. The van der Waals surface area contributed by atoms with E-state index in [1.807, 2.05) is 53.4 Å². The van der Waals surface area contributed by atoms with Crippen LogP contribution in [0.5, 0.6) is 0 Å². The van der Waals surface area contributed by atoms with Gasteiger partial charge in [-0.15, -0.1) is 0 Å². The molecule has 0 radical (unpaired) electrons. The molecular formula is C23H28N2O2. The molecule has 1 aliphatic heterocycles. The van der Waals surface area contributed by atoms with Crippen molar-refractivity contribution in [2.75, 3.05) is 16.8 Å². The number of hydrogen-bond acceptors (Lipinski definition) is 2. The van der Waals surface area contributed by atoms with Gasteiger partial charge in [0, 0.05) is 24.8 Å². The molecule has 1 heterocycles. The van der Waals surface area contributed by atoms with E-state index in [2.05, 4.69) is 19.2 Å². The van der Waals surface area contributed by atoms with Crippen molar-refractivity contribution in [2.24, 2.45) is 5.92 Å². The second-order valence-electron chi connectivity index (χ2n) is 7.70. The summed E-state index contributed by atoms with van der Waals surface area (Å²) in [5, 5.41) is 3.10. The summed E-state index contributed by atoms with van der Waals surface area (Å²) in [6.07, 6.45) is 2.68. The van der Waals surface area contributed by atoms with Crippen LogP contribution in [-0.2, 0) is 16.0 Å². The molecule has 1 atom stereocenters. The van der Waals surface area contributed by atoms with Crippen LogP contribution in [0, 0.1) is 5.92 Å². The van der Waals surface area contributed by atoms with E-state index in [0.29, 0.717) is 5.92 Å². The van der Waals surface area contributed by atoms with E-state index in [9.17, 15) is 9.59 Å². The van der Waals surface area contributed by atoms with Gasteiger partial charge in [-0.2, -0.15) is 0 Å². The number of nitrogens with one attached hydrogen (secondary N) is 1. The summed E-state index contributed by atoms with van der Waals surface area (Å²) < 4.78 is 0. The molecule has 142 valence electrons. The van der Waals surface area contributed by atoms with Crippen LogP contribution in [0.3, 0.4) is 0 Å². The molecule has 0 bridgehead atoms. The molecule has 0 fully saturated rings. The number of benzene rings is 2. The molecule has 3 rings (SSSR count). The van der Waals surface area contributed by atoms with E-state index < -0.39 is 0 Å². The highest BCUT2D eigenvalue weighted by atomic mass is 16.2. The lowest BCUT2D eigenvalue weighted by molar-refractivity contribution is -0.118. The Morgan fingerprint density at radius 2 is 1.85 bits per heavy atom. The van der Waals surface area contributed by atoms with Gasteiger partial charge in [0.05, 0.1) is 5.92 Å². The van der Waals surface area contributed by atoms with Crippen molar-refractivity contribution < 1.29 is 9.59 Å². The first-order valence-electron chi connectivity index (χ1n) is 9.72. The third-order valence-corrected chi connectivity index (χ3v) is 5.07. The number of hydrogen-bond donors (Lipinski definition) is 1. The van der Waals surface area contributed by atoms with Crippen molar-refractivity contribution in [3.05, 3.63) is 59.7 Å². The number of carbonyl (C=O) groups is 2. The average molecular weight is 364 g/mol. The fourth-order valence-electron chi connectivity index (χ4n) is 3.78. The maximum atomic E-state index is 13.0. The van der Waals surface area contributed by atoms with Crippen molar-refractivity contribution in [3.63, 3.8) is 0 Å². The number of aryl methyl sites for hydroxylation is 1. The van der Waals surface area contributed by atoms with Gasteiger partial charge in [0.25, 0.3) is 0 Å². The van der Waals surface area contributed by atoms with Crippen molar-refractivity contribution >= 4 is 23.2 Å². The number of nitrogens with zero attached hydrogens (tertiary/aromatic N) is 1. The molecule has 4 nitrogen and oxygen atoms in total. The number of amides is 2. The number of anilines is 2. The molecule has 1 unspecified atom stereocenters. The van der Waals surface area contributed by atoms with E-state index in [-0.39, 0.29) is 17.7 Å². The first kappa shape index (κ1) is 19.2. The number of rotatable bonds is 5. The highest BCUT2D eigenvalue weighted by Crippen LogP contribution is 2.31. The summed E-state index contributed by atoms with van der Waals surface area (Å²) in [4.78, 5) is 26.7. The zero-order chi connectivity index (χ0) is 19.4. The zero-order valence-corrected chi connectivity index (χ0v) is 16.4. The third-order valence-electron chi connectivity index (χ3n) is 5.07. The minimum atomic E-state index is -0.170. The van der Waals surface area contributed by atoms with Crippen LogP contribution >= 0.6 is 0 Å². The van der Waals surface area contributed by atoms with Crippen LogP contribution in [0.2, 0.25) is 0 Å².